The van der Waals surface area contributed by atoms with E-state index in [9.17, 15) is 9.65 Å². The van der Waals surface area contributed by atoms with Gasteiger partial charge in [0.2, 0.25) is 5.89 Å². The predicted molar refractivity (Wildman–Crippen MR) is 115 cm³/mol. The molecule has 0 aliphatic rings. The summed E-state index contributed by atoms with van der Waals surface area (Å²) in [7, 11) is 1.68. The zero-order valence-corrected chi connectivity index (χ0v) is 17.7. The molecule has 0 atom stereocenters. The van der Waals surface area contributed by atoms with Crippen molar-refractivity contribution in [1.82, 2.24) is 25.4 Å². The number of nitrogens with two attached hydrogens (primary N) is 1. The number of nitriles is 1. The number of hydrogen-bond donors (Lipinski definition) is 3. The number of nitrogen functional groups attached to an aromatic ring is 1. The molecule has 162 valence electrons. The molecule has 10 heteroatoms. The molecule has 2 aromatic heterocycles. The highest BCUT2D eigenvalue weighted by molar-refractivity contribution is 5.79. The van der Waals surface area contributed by atoms with Gasteiger partial charge >= 0.3 is 0 Å². The van der Waals surface area contributed by atoms with Crippen LogP contribution in [0.4, 0.5) is 10.2 Å². The first-order valence-corrected chi connectivity index (χ1v) is 9.83. The molecular formula is C21H25FN8O. The first-order valence-electron chi connectivity index (χ1n) is 9.83. The zero-order valence-electron chi connectivity index (χ0n) is 17.7. The fourth-order valence-corrected chi connectivity index (χ4v) is 3.01. The maximum absolute atomic E-state index is 13.2. The minimum absolute atomic E-state index is 0.242. The lowest BCUT2D eigenvalue weighted by atomic mass is 10.1. The smallest absolute Gasteiger partial charge is 0.214 e. The molecule has 0 saturated carbocycles. The number of oxazole rings is 1. The van der Waals surface area contributed by atoms with E-state index in [1.165, 1.54) is 16.8 Å². The summed E-state index contributed by atoms with van der Waals surface area (Å²) in [6.07, 6.45) is 1.25. The molecule has 0 spiro atoms. The van der Waals surface area contributed by atoms with Crippen molar-refractivity contribution in [1.29, 1.82) is 5.26 Å². The molecular weight excluding hydrogens is 399 g/mol. The van der Waals surface area contributed by atoms with E-state index >= 15 is 0 Å². The van der Waals surface area contributed by atoms with Gasteiger partial charge in [-0.15, -0.1) is 0 Å². The van der Waals surface area contributed by atoms with Gasteiger partial charge in [-0.1, -0.05) is 0 Å². The second-order valence-corrected chi connectivity index (χ2v) is 6.91. The van der Waals surface area contributed by atoms with Crippen LogP contribution in [0.5, 0.6) is 0 Å². The van der Waals surface area contributed by atoms with E-state index in [1.54, 1.807) is 19.2 Å². The van der Waals surface area contributed by atoms with Gasteiger partial charge in [-0.3, -0.25) is 4.99 Å². The number of nitrogens with zero attached hydrogens (tertiary/aromatic N) is 5. The lowest BCUT2D eigenvalue weighted by molar-refractivity contribution is 0.463. The summed E-state index contributed by atoms with van der Waals surface area (Å²) in [5.74, 6) is 1.90. The molecule has 4 N–H and O–H groups in total. The van der Waals surface area contributed by atoms with Crippen LogP contribution in [0, 0.1) is 31.0 Å². The van der Waals surface area contributed by atoms with Gasteiger partial charge in [0.15, 0.2) is 5.96 Å². The van der Waals surface area contributed by atoms with Crippen LogP contribution in [0.2, 0.25) is 0 Å². The second kappa shape index (κ2) is 9.75. The van der Waals surface area contributed by atoms with Crippen LogP contribution in [0.1, 0.15) is 35.0 Å². The Morgan fingerprint density at radius 2 is 2.03 bits per heavy atom. The van der Waals surface area contributed by atoms with Gasteiger partial charge in [0.05, 0.1) is 23.6 Å². The van der Waals surface area contributed by atoms with Crippen molar-refractivity contribution in [3.05, 3.63) is 58.7 Å². The molecule has 0 radical (unpaired) electrons. The Morgan fingerprint density at radius 3 is 2.65 bits per heavy atom. The molecule has 3 rings (SSSR count). The Hall–Kier alpha value is -3.87. The predicted octanol–water partition coefficient (Wildman–Crippen LogP) is 2.37. The summed E-state index contributed by atoms with van der Waals surface area (Å²) in [5.41, 5.74) is 8.49. The number of aromatic nitrogens is 3. The lowest BCUT2D eigenvalue weighted by Gasteiger charge is -2.10. The molecule has 0 amide bonds. The van der Waals surface area contributed by atoms with Crippen molar-refractivity contribution >= 4 is 11.8 Å². The van der Waals surface area contributed by atoms with Crippen LogP contribution in [0.25, 0.3) is 5.69 Å². The van der Waals surface area contributed by atoms with Crippen LogP contribution in [-0.2, 0) is 13.0 Å². The number of aliphatic imine (C=N–C) groups is 1. The zero-order chi connectivity index (χ0) is 22.4. The average molecular weight is 424 g/mol. The van der Waals surface area contributed by atoms with E-state index in [1.807, 2.05) is 13.8 Å². The van der Waals surface area contributed by atoms with Crippen molar-refractivity contribution in [2.24, 2.45) is 4.99 Å². The molecule has 0 unspecified atom stereocenters. The molecule has 0 aliphatic heterocycles. The standard InChI is InChI=1S/C21H25FN8O/c1-13-14(2)31-19(28-13)12-27-21(25-3)26-10-4-5-18-17(11-23)20(24)30(29-18)16-8-6-15(22)7-9-16/h6-9H,4-5,10,12,24H2,1-3H3,(H2,25,26,27). The Morgan fingerprint density at radius 1 is 1.29 bits per heavy atom. The molecule has 0 fully saturated rings. The van der Waals surface area contributed by atoms with Crippen molar-refractivity contribution in [2.75, 3.05) is 19.3 Å². The first-order chi connectivity index (χ1) is 14.9. The number of rotatable bonds is 7. The highest BCUT2D eigenvalue weighted by Gasteiger charge is 2.16. The number of benzene rings is 1. The van der Waals surface area contributed by atoms with E-state index in [-0.39, 0.29) is 11.6 Å². The fraction of sp³-hybridized carbons (Fsp3) is 0.333. The van der Waals surface area contributed by atoms with E-state index in [4.69, 9.17) is 10.2 Å². The SMILES string of the molecule is CN=C(NCCCc1nn(-c2ccc(F)cc2)c(N)c1C#N)NCc1nc(C)c(C)o1. The van der Waals surface area contributed by atoms with Crippen molar-refractivity contribution in [2.45, 2.75) is 33.2 Å². The largest absolute Gasteiger partial charge is 0.444 e. The molecule has 1 aromatic carbocycles. The third-order valence-corrected chi connectivity index (χ3v) is 4.76. The number of hydrogen-bond acceptors (Lipinski definition) is 6. The van der Waals surface area contributed by atoms with Gasteiger partial charge in [0, 0.05) is 13.6 Å². The minimum Gasteiger partial charge on any atom is -0.444 e. The molecule has 0 bridgehead atoms. The summed E-state index contributed by atoms with van der Waals surface area (Å²) in [6, 6.07) is 7.90. The Bertz CT molecular complexity index is 1090. The minimum atomic E-state index is -0.351. The lowest BCUT2D eigenvalue weighted by Crippen LogP contribution is -2.37. The molecule has 9 nitrogen and oxygen atoms in total. The Kier molecular flexibility index (Phi) is 6.87. The van der Waals surface area contributed by atoms with Gasteiger partial charge in [-0.2, -0.15) is 10.4 Å². The molecule has 0 aliphatic carbocycles. The summed E-state index contributed by atoms with van der Waals surface area (Å²) < 4.78 is 20.2. The maximum Gasteiger partial charge on any atom is 0.214 e. The van der Waals surface area contributed by atoms with Gasteiger partial charge in [-0.05, 0) is 51.0 Å². The fourth-order valence-electron chi connectivity index (χ4n) is 3.01. The van der Waals surface area contributed by atoms with Crippen LogP contribution in [-0.4, -0.2) is 34.3 Å². The molecule has 31 heavy (non-hydrogen) atoms. The van der Waals surface area contributed by atoms with Crippen LogP contribution in [0.15, 0.2) is 33.7 Å². The van der Waals surface area contributed by atoms with Crippen LogP contribution in [0.3, 0.4) is 0 Å². The van der Waals surface area contributed by atoms with Crippen molar-refractivity contribution < 1.29 is 8.81 Å². The summed E-state index contributed by atoms with van der Waals surface area (Å²) in [4.78, 5) is 8.50. The second-order valence-electron chi connectivity index (χ2n) is 6.91. The third-order valence-electron chi connectivity index (χ3n) is 4.76. The normalized spacial score (nSPS) is 11.4. The topological polar surface area (TPSA) is 130 Å². The highest BCUT2D eigenvalue weighted by Crippen LogP contribution is 2.21. The van der Waals surface area contributed by atoms with E-state index in [0.717, 1.165) is 11.5 Å². The molecule has 3 aromatic rings. The first kappa shape index (κ1) is 21.8. The number of anilines is 1. The summed E-state index contributed by atoms with van der Waals surface area (Å²) in [5, 5.41) is 20.3. The third kappa shape index (κ3) is 5.19. The number of aryl methyl sites for hydroxylation is 3. The van der Waals surface area contributed by atoms with Crippen LogP contribution >= 0.6 is 0 Å². The van der Waals surface area contributed by atoms with E-state index < -0.39 is 0 Å². The summed E-state index contributed by atoms with van der Waals surface area (Å²) >= 11 is 0. The Balaban J connectivity index is 1.55. The van der Waals surface area contributed by atoms with Gasteiger partial charge in [-0.25, -0.2) is 14.1 Å². The monoisotopic (exact) mass is 424 g/mol. The van der Waals surface area contributed by atoms with Gasteiger partial charge < -0.3 is 20.8 Å². The van der Waals surface area contributed by atoms with E-state index in [0.29, 0.717) is 54.7 Å². The van der Waals surface area contributed by atoms with Crippen molar-refractivity contribution in [3.63, 3.8) is 0 Å². The maximum atomic E-state index is 13.2. The van der Waals surface area contributed by atoms with Gasteiger partial charge in [0.25, 0.3) is 0 Å². The highest BCUT2D eigenvalue weighted by atomic mass is 19.1. The number of halogens is 1. The molecule has 0 saturated heterocycles. The van der Waals surface area contributed by atoms with Crippen molar-refractivity contribution in [3.8, 4) is 11.8 Å². The molecule has 2 heterocycles. The number of nitrogens with one attached hydrogen (secondary N) is 2. The van der Waals surface area contributed by atoms with Gasteiger partial charge in [0.1, 0.15) is 29.0 Å². The summed E-state index contributed by atoms with van der Waals surface area (Å²) in [6.45, 7) is 4.80. The van der Waals surface area contributed by atoms with E-state index in [2.05, 4.69) is 31.8 Å². The van der Waals surface area contributed by atoms with Crippen LogP contribution < -0.4 is 16.4 Å². The quantitative estimate of drug-likeness (QED) is 0.301. The number of guanidine groups is 1. The Labute approximate surface area is 179 Å². The average Bonchev–Trinajstić information content (AvgIpc) is 3.25.